The van der Waals surface area contributed by atoms with Crippen LogP contribution in [0.25, 0.3) is 11.5 Å². The molecule has 4 aliphatic rings. The van der Waals surface area contributed by atoms with Gasteiger partial charge in [0.15, 0.2) is 0 Å². The van der Waals surface area contributed by atoms with E-state index in [1.54, 1.807) is 12.1 Å². The highest BCUT2D eigenvalue weighted by molar-refractivity contribution is 5.71. The van der Waals surface area contributed by atoms with E-state index in [9.17, 15) is 10.1 Å². The van der Waals surface area contributed by atoms with Gasteiger partial charge in [-0.15, -0.1) is 0 Å². The summed E-state index contributed by atoms with van der Waals surface area (Å²) in [5, 5.41) is 25.0. The number of aromatic nitrogens is 2. The van der Waals surface area contributed by atoms with Gasteiger partial charge < -0.3 is 24.6 Å². The molecule has 3 aliphatic heterocycles. The summed E-state index contributed by atoms with van der Waals surface area (Å²) >= 11 is 0. The molecule has 0 fully saturated rings. The monoisotopic (exact) mass is 517 g/mol. The Morgan fingerprint density at radius 1 is 1.29 bits per heavy atom. The van der Waals surface area contributed by atoms with Crippen molar-refractivity contribution in [3.63, 3.8) is 0 Å². The van der Waals surface area contributed by atoms with Crippen molar-refractivity contribution in [3.8, 4) is 23.3 Å². The Balaban J connectivity index is 0.000000261. The second kappa shape index (κ2) is 11.2. The molecular weight excluding hydrogens is 482 g/mol. The minimum absolute atomic E-state index is 0.000196. The van der Waals surface area contributed by atoms with Crippen LogP contribution in [0.3, 0.4) is 0 Å². The highest BCUT2D eigenvalue weighted by atomic mass is 16.5. The molecule has 2 N–H and O–H groups in total. The van der Waals surface area contributed by atoms with Gasteiger partial charge in [0.05, 0.1) is 24.1 Å². The van der Waals surface area contributed by atoms with Gasteiger partial charge in [0.2, 0.25) is 0 Å². The molecular formula is C29H35N5O4. The zero-order valence-electron chi connectivity index (χ0n) is 22.6. The number of anilines is 2. The van der Waals surface area contributed by atoms with E-state index in [-0.39, 0.29) is 24.0 Å². The van der Waals surface area contributed by atoms with Crippen LogP contribution in [0.15, 0.2) is 40.9 Å². The predicted molar refractivity (Wildman–Crippen MR) is 144 cm³/mol. The van der Waals surface area contributed by atoms with Crippen LogP contribution in [0.2, 0.25) is 0 Å². The van der Waals surface area contributed by atoms with E-state index in [1.807, 2.05) is 19.9 Å². The highest BCUT2D eigenvalue weighted by Gasteiger charge is 2.36. The summed E-state index contributed by atoms with van der Waals surface area (Å²) in [5.74, 6) is 0.786. The first-order valence-corrected chi connectivity index (χ1v) is 12.9. The van der Waals surface area contributed by atoms with Crippen molar-refractivity contribution in [2.75, 3.05) is 18.0 Å². The zero-order chi connectivity index (χ0) is 27.4. The minimum Gasteiger partial charge on any atom is -0.490 e. The molecule has 0 saturated heterocycles. The molecule has 1 aliphatic carbocycles. The summed E-state index contributed by atoms with van der Waals surface area (Å²) in [6.07, 6.45) is 2.37. The number of hydrogen-bond acceptors (Lipinski definition) is 8. The molecule has 0 amide bonds. The number of rotatable bonds is 8. The van der Waals surface area contributed by atoms with E-state index in [0.29, 0.717) is 35.3 Å². The number of nitrogens with zero attached hydrogens (tertiary/aromatic N) is 4. The summed E-state index contributed by atoms with van der Waals surface area (Å²) < 4.78 is 11.2. The number of carboxylic acid groups (broad SMARTS) is 1. The van der Waals surface area contributed by atoms with Crippen LogP contribution in [0.5, 0.6) is 5.75 Å². The lowest BCUT2D eigenvalue weighted by Gasteiger charge is -2.41. The summed E-state index contributed by atoms with van der Waals surface area (Å²) in [6.45, 7) is 11.6. The molecule has 0 radical (unpaired) electrons. The summed E-state index contributed by atoms with van der Waals surface area (Å²) in [7, 11) is 0. The number of fused-ring (bicyclic) bond motifs is 2. The van der Waals surface area contributed by atoms with E-state index < -0.39 is 5.97 Å². The maximum Gasteiger partial charge on any atom is 0.304 e. The normalized spacial score (nSPS) is 15.3. The fourth-order valence-corrected chi connectivity index (χ4v) is 4.60. The summed E-state index contributed by atoms with van der Waals surface area (Å²) in [6, 6.07) is 14.4. The van der Waals surface area contributed by atoms with Gasteiger partial charge in [0, 0.05) is 24.3 Å². The lowest BCUT2D eigenvalue weighted by Crippen LogP contribution is -2.34. The Morgan fingerprint density at radius 2 is 2.08 bits per heavy atom. The van der Waals surface area contributed by atoms with Gasteiger partial charge >= 0.3 is 5.97 Å². The van der Waals surface area contributed by atoms with Gasteiger partial charge in [-0.1, -0.05) is 32.9 Å². The fraction of sp³-hybridized carbons (Fsp3) is 0.448. The number of aliphatic carboxylic acids is 1. The molecule has 9 nitrogen and oxygen atoms in total. The summed E-state index contributed by atoms with van der Waals surface area (Å²) in [5.41, 5.74) is 5.20. The van der Waals surface area contributed by atoms with E-state index in [2.05, 4.69) is 65.4 Å². The Labute approximate surface area is 223 Å². The molecule has 9 heteroatoms. The number of carboxylic acids is 1. The molecule has 0 saturated carbocycles. The lowest BCUT2D eigenvalue weighted by molar-refractivity contribution is -0.136. The van der Waals surface area contributed by atoms with Crippen molar-refractivity contribution in [3.05, 3.63) is 53.1 Å². The minimum atomic E-state index is -0.744. The van der Waals surface area contributed by atoms with E-state index >= 15 is 0 Å². The van der Waals surface area contributed by atoms with Crippen LogP contribution < -0.4 is 15.0 Å². The summed E-state index contributed by atoms with van der Waals surface area (Å²) in [4.78, 5) is 16.8. The van der Waals surface area contributed by atoms with Crippen LogP contribution >= 0.6 is 0 Å². The van der Waals surface area contributed by atoms with Crippen molar-refractivity contribution in [2.45, 2.75) is 66.0 Å². The van der Waals surface area contributed by atoms with Gasteiger partial charge in [-0.05, 0) is 72.7 Å². The van der Waals surface area contributed by atoms with Gasteiger partial charge in [0.1, 0.15) is 11.8 Å². The molecule has 3 aromatic rings. The van der Waals surface area contributed by atoms with E-state index in [1.165, 1.54) is 11.1 Å². The van der Waals surface area contributed by atoms with Gasteiger partial charge in [-0.25, -0.2) is 0 Å². The number of nitrogens with one attached hydrogen (secondary N) is 1. The van der Waals surface area contributed by atoms with Crippen molar-refractivity contribution < 1.29 is 19.2 Å². The topological polar surface area (TPSA) is 125 Å². The third-order valence-electron chi connectivity index (χ3n) is 6.26. The van der Waals surface area contributed by atoms with Gasteiger partial charge in [-0.2, -0.15) is 10.2 Å². The number of nitriles is 1. The van der Waals surface area contributed by atoms with Crippen LogP contribution in [-0.2, 0) is 11.2 Å². The first kappa shape index (κ1) is 27.1. The van der Waals surface area contributed by atoms with Crippen molar-refractivity contribution >= 4 is 17.6 Å². The molecule has 1 unspecified atom stereocenters. The van der Waals surface area contributed by atoms with Crippen LogP contribution in [0, 0.1) is 16.7 Å². The largest absolute Gasteiger partial charge is 0.490 e. The third kappa shape index (κ3) is 6.32. The molecule has 1 aromatic heterocycles. The second-order valence-corrected chi connectivity index (χ2v) is 11.1. The van der Waals surface area contributed by atoms with Gasteiger partial charge in [-0.3, -0.25) is 4.79 Å². The molecule has 4 bridgehead atoms. The third-order valence-corrected chi connectivity index (χ3v) is 6.26. The molecule has 4 heterocycles. The quantitative estimate of drug-likeness (QED) is 0.366. The average molecular weight is 518 g/mol. The molecule has 38 heavy (non-hydrogen) atoms. The standard InChI is InChI=1S/C21H18N4O2.C8H17NO2/c1-12(2)26-19-8-5-15(10-16(19)11-22)20-23-21(24-27-20)25-17-6-3-13-9-14(17)4-7-18(13)25;1-8(2,3)6-9-5-4-7(10)11/h3,5-6,8-10,12,18H,4,7H2,1-2H3;9H,4-6H2,1-3H3,(H,10,11). The molecule has 2 aromatic carbocycles. The first-order chi connectivity index (χ1) is 18.1. The Bertz CT molecular complexity index is 1340. The van der Waals surface area contributed by atoms with Crippen LogP contribution in [-0.4, -0.2) is 40.4 Å². The smallest absolute Gasteiger partial charge is 0.304 e. The maximum absolute atomic E-state index is 10.1. The highest BCUT2D eigenvalue weighted by Crippen LogP contribution is 2.48. The molecule has 7 rings (SSSR count). The van der Waals surface area contributed by atoms with Crippen LogP contribution in [0.4, 0.5) is 11.6 Å². The average Bonchev–Trinajstić information content (AvgIpc) is 3.36. The lowest BCUT2D eigenvalue weighted by atomic mass is 9.83. The van der Waals surface area contributed by atoms with E-state index in [0.717, 1.165) is 25.1 Å². The number of carbonyl (C=O) groups is 1. The molecule has 200 valence electrons. The maximum atomic E-state index is 10.1. The number of benzene rings is 2. The number of ether oxygens (including phenoxy) is 1. The predicted octanol–water partition coefficient (Wildman–Crippen LogP) is 5.63. The number of aryl methyl sites for hydroxylation is 1. The van der Waals surface area contributed by atoms with Crippen LogP contribution in [0.1, 0.15) is 70.2 Å². The van der Waals surface area contributed by atoms with Crippen molar-refractivity contribution in [2.24, 2.45) is 5.41 Å². The Kier molecular flexibility index (Phi) is 8.02. The SMILES string of the molecule is CC(C)(C)CNCCC(=O)O.CC(C)Oc1ccc(-c2nc(N3c4ccc5cc4CCC53)no2)cc1C#N. The Morgan fingerprint density at radius 3 is 2.71 bits per heavy atom. The van der Waals surface area contributed by atoms with Crippen molar-refractivity contribution in [1.29, 1.82) is 5.26 Å². The number of hydrogen-bond donors (Lipinski definition) is 2. The van der Waals surface area contributed by atoms with Crippen molar-refractivity contribution in [1.82, 2.24) is 15.5 Å². The van der Waals surface area contributed by atoms with E-state index in [4.69, 9.17) is 14.4 Å². The van der Waals surface area contributed by atoms with Gasteiger partial charge in [0.25, 0.3) is 11.8 Å². The molecule has 1 atom stereocenters. The molecule has 0 spiro atoms. The first-order valence-electron chi connectivity index (χ1n) is 12.9. The second-order valence-electron chi connectivity index (χ2n) is 11.1. The Hall–Kier alpha value is -3.90. The fourth-order valence-electron chi connectivity index (χ4n) is 4.60. The zero-order valence-corrected chi connectivity index (χ0v) is 22.6.